The molecule has 0 aliphatic rings. The molecule has 0 bridgehead atoms. The third-order valence-corrected chi connectivity index (χ3v) is 2.96. The van der Waals surface area contributed by atoms with Crippen molar-refractivity contribution in [2.75, 3.05) is 0 Å². The Hall–Kier alpha value is -1.89. The second-order valence-electron chi connectivity index (χ2n) is 3.73. The number of Topliss-reactive ketones (excluding diaryl/α,β-unsaturated/α-hetero) is 1. The Balaban J connectivity index is 2.28. The van der Waals surface area contributed by atoms with E-state index in [1.807, 2.05) is 0 Å². The van der Waals surface area contributed by atoms with Crippen molar-refractivity contribution < 1.29 is 13.6 Å². The van der Waals surface area contributed by atoms with Crippen molar-refractivity contribution in [3.8, 4) is 0 Å². The maximum atomic E-state index is 13.0. The standard InChI is InChI=1S/C12H7BrF2N2O2/c13-8-4-16-6-17(12(8)19)5-11(18)7-1-2-9(14)10(15)3-7/h1-4,6H,5H2. The zero-order valence-corrected chi connectivity index (χ0v) is 11.0. The number of carbonyl (C=O) groups excluding carboxylic acids is 1. The Morgan fingerprint density at radius 2 is 2.05 bits per heavy atom. The molecule has 0 aliphatic carbocycles. The van der Waals surface area contributed by atoms with Crippen LogP contribution in [0, 0.1) is 11.6 Å². The number of nitrogens with zero attached hydrogens (tertiary/aromatic N) is 2. The summed E-state index contributed by atoms with van der Waals surface area (Å²) in [5.41, 5.74) is -0.434. The van der Waals surface area contributed by atoms with Gasteiger partial charge in [-0.1, -0.05) is 0 Å². The Morgan fingerprint density at radius 1 is 1.32 bits per heavy atom. The summed E-state index contributed by atoms with van der Waals surface area (Å²) in [6.45, 7) is -0.295. The molecule has 0 spiro atoms. The zero-order valence-electron chi connectivity index (χ0n) is 9.44. The SMILES string of the molecule is O=C(Cn1cncc(Br)c1=O)c1ccc(F)c(F)c1. The quantitative estimate of drug-likeness (QED) is 0.811. The number of hydrogen-bond acceptors (Lipinski definition) is 3. The van der Waals surface area contributed by atoms with E-state index < -0.39 is 23.0 Å². The number of halogens is 3. The van der Waals surface area contributed by atoms with Gasteiger partial charge < -0.3 is 0 Å². The third kappa shape index (κ3) is 2.93. The summed E-state index contributed by atoms with van der Waals surface area (Å²) in [6, 6.07) is 2.83. The van der Waals surface area contributed by atoms with Crippen molar-refractivity contribution >= 4 is 21.7 Å². The molecule has 0 atom stereocenters. The smallest absolute Gasteiger partial charge is 0.268 e. The molecule has 0 unspecified atom stereocenters. The van der Waals surface area contributed by atoms with Crippen LogP contribution in [-0.2, 0) is 6.54 Å². The molecule has 2 rings (SSSR count). The van der Waals surface area contributed by atoms with Gasteiger partial charge >= 0.3 is 0 Å². The molecule has 0 fully saturated rings. The van der Waals surface area contributed by atoms with Gasteiger partial charge in [0.15, 0.2) is 17.4 Å². The predicted molar refractivity (Wildman–Crippen MR) is 66.9 cm³/mol. The maximum Gasteiger partial charge on any atom is 0.268 e. The van der Waals surface area contributed by atoms with Crippen LogP contribution >= 0.6 is 15.9 Å². The van der Waals surface area contributed by atoms with Gasteiger partial charge in [-0.25, -0.2) is 13.8 Å². The van der Waals surface area contributed by atoms with Crippen molar-refractivity contribution in [3.63, 3.8) is 0 Å². The first kappa shape index (κ1) is 13.5. The molecule has 1 aromatic heterocycles. The lowest BCUT2D eigenvalue weighted by molar-refractivity contribution is 0.0969. The minimum atomic E-state index is -1.11. The first-order valence-electron chi connectivity index (χ1n) is 5.17. The van der Waals surface area contributed by atoms with Gasteiger partial charge in [-0.05, 0) is 34.1 Å². The van der Waals surface area contributed by atoms with Crippen LogP contribution < -0.4 is 5.56 Å². The number of carbonyl (C=O) groups is 1. The van der Waals surface area contributed by atoms with Crippen LogP contribution in [-0.4, -0.2) is 15.3 Å². The monoisotopic (exact) mass is 328 g/mol. The van der Waals surface area contributed by atoms with Crippen molar-refractivity contribution in [1.29, 1.82) is 0 Å². The van der Waals surface area contributed by atoms with E-state index in [1.165, 1.54) is 12.5 Å². The van der Waals surface area contributed by atoms with Crippen molar-refractivity contribution in [2.45, 2.75) is 6.54 Å². The fourth-order valence-electron chi connectivity index (χ4n) is 1.45. The Kier molecular flexibility index (Phi) is 3.84. The first-order chi connectivity index (χ1) is 8.99. The van der Waals surface area contributed by atoms with Crippen LogP contribution in [0.3, 0.4) is 0 Å². The van der Waals surface area contributed by atoms with Gasteiger partial charge in [-0.2, -0.15) is 0 Å². The van der Waals surface area contributed by atoms with Crippen LogP contribution in [0.25, 0.3) is 0 Å². The van der Waals surface area contributed by atoms with Crippen LogP contribution in [0.2, 0.25) is 0 Å². The topological polar surface area (TPSA) is 52.0 Å². The summed E-state index contributed by atoms with van der Waals surface area (Å²) in [5.74, 6) is -2.65. The highest BCUT2D eigenvalue weighted by atomic mass is 79.9. The van der Waals surface area contributed by atoms with Gasteiger partial charge in [0.1, 0.15) is 4.47 Å². The highest BCUT2D eigenvalue weighted by Gasteiger charge is 2.12. The molecular formula is C12H7BrF2N2O2. The van der Waals surface area contributed by atoms with Crippen LogP contribution in [0.4, 0.5) is 8.78 Å². The number of hydrogen-bond donors (Lipinski definition) is 0. The van der Waals surface area contributed by atoms with E-state index in [-0.39, 0.29) is 16.6 Å². The van der Waals surface area contributed by atoms with Gasteiger partial charge in [-0.3, -0.25) is 14.2 Å². The lowest BCUT2D eigenvalue weighted by atomic mass is 10.1. The molecular weight excluding hydrogens is 322 g/mol. The molecule has 0 saturated carbocycles. The van der Waals surface area contributed by atoms with E-state index in [0.717, 1.165) is 22.8 Å². The molecule has 0 N–H and O–H groups in total. The Bertz CT molecular complexity index is 700. The number of rotatable bonds is 3. The second-order valence-corrected chi connectivity index (χ2v) is 4.58. The summed E-state index contributed by atoms with van der Waals surface area (Å²) in [7, 11) is 0. The summed E-state index contributed by atoms with van der Waals surface area (Å²) < 4.78 is 27.0. The molecule has 1 heterocycles. The average Bonchev–Trinajstić information content (AvgIpc) is 2.38. The lowest BCUT2D eigenvalue weighted by Crippen LogP contribution is -2.24. The van der Waals surface area contributed by atoms with E-state index in [9.17, 15) is 18.4 Å². The fraction of sp³-hybridized carbons (Fsp3) is 0.0833. The fourth-order valence-corrected chi connectivity index (χ4v) is 1.80. The molecule has 19 heavy (non-hydrogen) atoms. The molecule has 0 amide bonds. The minimum Gasteiger partial charge on any atom is -0.292 e. The van der Waals surface area contributed by atoms with Crippen LogP contribution in [0.15, 0.2) is 40.0 Å². The maximum absolute atomic E-state index is 13.0. The van der Waals surface area contributed by atoms with Gasteiger partial charge in [0, 0.05) is 11.8 Å². The normalized spacial score (nSPS) is 10.5. The van der Waals surface area contributed by atoms with E-state index in [0.29, 0.717) is 0 Å². The summed E-state index contributed by atoms with van der Waals surface area (Å²) >= 11 is 3.00. The highest BCUT2D eigenvalue weighted by molar-refractivity contribution is 9.10. The molecule has 0 saturated heterocycles. The van der Waals surface area contributed by atoms with Crippen molar-refractivity contribution in [1.82, 2.24) is 9.55 Å². The van der Waals surface area contributed by atoms with E-state index in [4.69, 9.17) is 0 Å². The van der Waals surface area contributed by atoms with E-state index in [1.54, 1.807) is 0 Å². The minimum absolute atomic E-state index is 0.00854. The number of benzene rings is 1. The van der Waals surface area contributed by atoms with E-state index >= 15 is 0 Å². The molecule has 2 aromatic rings. The van der Waals surface area contributed by atoms with Crippen molar-refractivity contribution in [3.05, 3.63) is 62.7 Å². The van der Waals surface area contributed by atoms with Crippen LogP contribution in [0.5, 0.6) is 0 Å². The van der Waals surface area contributed by atoms with Gasteiger partial charge in [-0.15, -0.1) is 0 Å². The zero-order chi connectivity index (χ0) is 14.0. The Morgan fingerprint density at radius 3 is 2.74 bits per heavy atom. The average molecular weight is 329 g/mol. The third-order valence-electron chi connectivity index (χ3n) is 2.41. The molecule has 0 radical (unpaired) electrons. The molecule has 1 aromatic carbocycles. The summed E-state index contributed by atoms with van der Waals surface area (Å²) in [4.78, 5) is 27.2. The largest absolute Gasteiger partial charge is 0.292 e. The second kappa shape index (κ2) is 5.40. The molecule has 98 valence electrons. The van der Waals surface area contributed by atoms with Gasteiger partial charge in [0.2, 0.25) is 0 Å². The highest BCUT2D eigenvalue weighted by Crippen LogP contribution is 2.10. The molecule has 0 aliphatic heterocycles. The first-order valence-corrected chi connectivity index (χ1v) is 5.96. The molecule has 7 heteroatoms. The predicted octanol–water partition coefficient (Wildman–Crippen LogP) is 2.17. The molecule has 4 nitrogen and oxygen atoms in total. The number of ketones is 1. The van der Waals surface area contributed by atoms with Gasteiger partial charge in [0.25, 0.3) is 5.56 Å². The van der Waals surface area contributed by atoms with Crippen molar-refractivity contribution in [2.24, 2.45) is 0 Å². The van der Waals surface area contributed by atoms with Gasteiger partial charge in [0.05, 0.1) is 12.9 Å². The summed E-state index contributed by atoms with van der Waals surface area (Å²) in [5, 5.41) is 0. The Labute approximate surface area is 114 Å². The van der Waals surface area contributed by atoms with Crippen LogP contribution in [0.1, 0.15) is 10.4 Å². The number of aromatic nitrogens is 2. The summed E-state index contributed by atoms with van der Waals surface area (Å²) in [6.07, 6.45) is 2.51. The van der Waals surface area contributed by atoms with E-state index in [2.05, 4.69) is 20.9 Å². The lowest BCUT2D eigenvalue weighted by Gasteiger charge is -2.05.